The zero-order chi connectivity index (χ0) is 12.3. The maximum absolute atomic E-state index is 12.3. The first kappa shape index (κ1) is 12.1. The summed E-state index contributed by atoms with van der Waals surface area (Å²) in [6.07, 6.45) is 3.79. The Morgan fingerprint density at radius 2 is 2.18 bits per heavy atom. The van der Waals surface area contributed by atoms with E-state index in [1.807, 2.05) is 12.5 Å². The van der Waals surface area contributed by atoms with E-state index in [0.29, 0.717) is 18.7 Å². The first-order valence-electron chi connectivity index (χ1n) is 5.46. The van der Waals surface area contributed by atoms with Gasteiger partial charge in [0.2, 0.25) is 10.0 Å². The molecule has 1 aromatic carbocycles. The van der Waals surface area contributed by atoms with Crippen molar-refractivity contribution in [2.45, 2.75) is 17.7 Å². The maximum Gasteiger partial charge on any atom is 0.243 e. The van der Waals surface area contributed by atoms with Crippen molar-refractivity contribution in [2.24, 2.45) is 0 Å². The van der Waals surface area contributed by atoms with Crippen LogP contribution in [0.3, 0.4) is 0 Å². The number of hydrogen-bond donors (Lipinski definition) is 0. The van der Waals surface area contributed by atoms with Crippen molar-refractivity contribution in [1.82, 2.24) is 4.31 Å². The smallest absolute Gasteiger partial charge is 0.207 e. The summed E-state index contributed by atoms with van der Waals surface area (Å²) >= 11 is 0. The lowest BCUT2D eigenvalue weighted by Gasteiger charge is -2.25. The number of nitrogens with zero attached hydrogens (tertiary/aromatic N) is 2. The summed E-state index contributed by atoms with van der Waals surface area (Å²) in [6.45, 7) is 1.01. The van der Waals surface area contributed by atoms with Gasteiger partial charge in [-0.05, 0) is 37.5 Å². The summed E-state index contributed by atoms with van der Waals surface area (Å²) in [7, 11) is -3.44. The van der Waals surface area contributed by atoms with Crippen LogP contribution in [0.5, 0.6) is 0 Å². The SMILES string of the molecule is N#Cc1cccc(S(=O)(=O)N2C[CH]CCC2)c1. The fourth-order valence-corrected chi connectivity index (χ4v) is 3.33. The van der Waals surface area contributed by atoms with E-state index in [0.717, 1.165) is 12.8 Å². The van der Waals surface area contributed by atoms with Crippen molar-refractivity contribution < 1.29 is 8.42 Å². The molecule has 1 aromatic rings. The van der Waals surface area contributed by atoms with E-state index in [2.05, 4.69) is 0 Å². The van der Waals surface area contributed by atoms with E-state index in [-0.39, 0.29) is 4.90 Å². The molecule has 2 rings (SSSR count). The molecule has 0 amide bonds. The Morgan fingerprint density at radius 3 is 2.82 bits per heavy atom. The molecule has 1 aliphatic rings. The summed E-state index contributed by atoms with van der Waals surface area (Å²) in [4.78, 5) is 0.201. The monoisotopic (exact) mass is 249 g/mol. The predicted molar refractivity (Wildman–Crippen MR) is 63.4 cm³/mol. The fraction of sp³-hybridized carbons (Fsp3) is 0.333. The minimum Gasteiger partial charge on any atom is -0.207 e. The zero-order valence-electron chi connectivity index (χ0n) is 9.33. The van der Waals surface area contributed by atoms with Gasteiger partial charge in [-0.2, -0.15) is 9.57 Å². The Balaban J connectivity index is 2.34. The molecule has 4 nitrogen and oxygen atoms in total. The summed E-state index contributed by atoms with van der Waals surface area (Å²) in [6, 6.07) is 8.10. The van der Waals surface area contributed by atoms with Crippen LogP contribution < -0.4 is 0 Å². The summed E-state index contributed by atoms with van der Waals surface area (Å²) in [5.41, 5.74) is 0.368. The first-order chi connectivity index (χ1) is 8.14. The van der Waals surface area contributed by atoms with Gasteiger partial charge in [-0.3, -0.25) is 0 Å². The lowest BCUT2D eigenvalue weighted by atomic mass is 10.2. The molecule has 0 aliphatic carbocycles. The van der Waals surface area contributed by atoms with E-state index in [4.69, 9.17) is 5.26 Å². The normalized spacial score (nSPS) is 17.6. The molecule has 1 saturated heterocycles. The van der Waals surface area contributed by atoms with Gasteiger partial charge in [0, 0.05) is 13.1 Å². The number of benzene rings is 1. The molecule has 0 bridgehead atoms. The fourth-order valence-electron chi connectivity index (χ4n) is 1.83. The van der Waals surface area contributed by atoms with Crippen LogP contribution >= 0.6 is 0 Å². The molecule has 0 unspecified atom stereocenters. The topological polar surface area (TPSA) is 61.2 Å². The third kappa shape index (κ3) is 2.48. The minimum absolute atomic E-state index is 0.201. The average molecular weight is 249 g/mol. The molecular formula is C12H13N2O2S. The highest BCUT2D eigenvalue weighted by Gasteiger charge is 2.25. The van der Waals surface area contributed by atoms with Crippen LogP contribution in [0, 0.1) is 17.8 Å². The second kappa shape index (κ2) is 4.86. The van der Waals surface area contributed by atoms with E-state index >= 15 is 0 Å². The Kier molecular flexibility index (Phi) is 3.46. The third-order valence-corrected chi connectivity index (χ3v) is 4.61. The summed E-state index contributed by atoms with van der Waals surface area (Å²) in [5.74, 6) is 0. The molecule has 1 heterocycles. The van der Waals surface area contributed by atoms with Crippen molar-refractivity contribution in [3.8, 4) is 6.07 Å². The molecule has 1 aliphatic heterocycles. The van der Waals surface area contributed by atoms with Crippen molar-refractivity contribution >= 4 is 10.0 Å². The van der Waals surface area contributed by atoms with Gasteiger partial charge in [0.05, 0.1) is 16.5 Å². The van der Waals surface area contributed by atoms with Crippen molar-refractivity contribution in [1.29, 1.82) is 5.26 Å². The Hall–Kier alpha value is -1.38. The molecule has 0 N–H and O–H groups in total. The van der Waals surface area contributed by atoms with Gasteiger partial charge in [-0.15, -0.1) is 0 Å². The number of hydrogen-bond acceptors (Lipinski definition) is 3. The Bertz CT molecular complexity index is 540. The van der Waals surface area contributed by atoms with Crippen molar-refractivity contribution in [3.63, 3.8) is 0 Å². The molecule has 1 radical (unpaired) electrons. The van der Waals surface area contributed by atoms with Gasteiger partial charge in [-0.25, -0.2) is 8.42 Å². The van der Waals surface area contributed by atoms with Crippen LogP contribution in [-0.2, 0) is 10.0 Å². The highest BCUT2D eigenvalue weighted by molar-refractivity contribution is 7.89. The van der Waals surface area contributed by atoms with E-state index < -0.39 is 10.0 Å². The van der Waals surface area contributed by atoms with E-state index in [9.17, 15) is 8.42 Å². The van der Waals surface area contributed by atoms with Gasteiger partial charge in [0.25, 0.3) is 0 Å². The number of sulfonamides is 1. The van der Waals surface area contributed by atoms with Gasteiger partial charge in [0.1, 0.15) is 0 Å². The predicted octanol–water partition coefficient (Wildman–Crippen LogP) is 1.55. The molecule has 0 aromatic heterocycles. The molecule has 1 fully saturated rings. The summed E-state index contributed by atoms with van der Waals surface area (Å²) < 4.78 is 26.0. The van der Waals surface area contributed by atoms with Gasteiger partial charge in [-0.1, -0.05) is 6.07 Å². The van der Waals surface area contributed by atoms with Gasteiger partial charge in [0.15, 0.2) is 0 Å². The molecular weight excluding hydrogens is 236 g/mol. The minimum atomic E-state index is -3.44. The highest BCUT2D eigenvalue weighted by Crippen LogP contribution is 2.20. The van der Waals surface area contributed by atoms with Crippen LogP contribution in [-0.4, -0.2) is 25.8 Å². The molecule has 0 spiro atoms. The quantitative estimate of drug-likeness (QED) is 0.799. The van der Waals surface area contributed by atoms with Crippen LogP contribution in [0.1, 0.15) is 18.4 Å². The second-order valence-corrected chi connectivity index (χ2v) is 5.87. The van der Waals surface area contributed by atoms with Crippen LogP contribution in [0.4, 0.5) is 0 Å². The number of piperidine rings is 1. The van der Waals surface area contributed by atoms with Gasteiger partial charge < -0.3 is 0 Å². The van der Waals surface area contributed by atoms with Gasteiger partial charge >= 0.3 is 0 Å². The highest BCUT2D eigenvalue weighted by atomic mass is 32.2. The lowest BCUT2D eigenvalue weighted by Crippen LogP contribution is -2.35. The number of nitriles is 1. The molecule has 0 atom stereocenters. The second-order valence-electron chi connectivity index (χ2n) is 3.93. The standard InChI is InChI=1S/C12H13N2O2S/c13-10-11-5-4-6-12(9-11)17(15,16)14-7-2-1-3-8-14/h2,4-6,9H,1,3,7-8H2. The molecule has 89 valence electrons. The average Bonchev–Trinajstić information content (AvgIpc) is 2.40. The maximum atomic E-state index is 12.3. The number of rotatable bonds is 2. The van der Waals surface area contributed by atoms with Crippen LogP contribution in [0.25, 0.3) is 0 Å². The summed E-state index contributed by atoms with van der Waals surface area (Å²) in [5, 5.41) is 8.77. The van der Waals surface area contributed by atoms with Crippen molar-refractivity contribution in [2.75, 3.05) is 13.1 Å². The largest absolute Gasteiger partial charge is 0.243 e. The zero-order valence-corrected chi connectivity index (χ0v) is 10.2. The van der Waals surface area contributed by atoms with E-state index in [1.54, 1.807) is 12.1 Å². The first-order valence-corrected chi connectivity index (χ1v) is 6.90. The molecule has 17 heavy (non-hydrogen) atoms. The molecule has 0 saturated carbocycles. The third-order valence-electron chi connectivity index (χ3n) is 2.75. The van der Waals surface area contributed by atoms with Crippen LogP contribution in [0.15, 0.2) is 29.2 Å². The van der Waals surface area contributed by atoms with E-state index in [1.165, 1.54) is 16.4 Å². The lowest BCUT2D eigenvalue weighted by molar-refractivity contribution is 0.391. The Morgan fingerprint density at radius 1 is 1.35 bits per heavy atom. The Labute approximate surface area is 102 Å². The van der Waals surface area contributed by atoms with Crippen LogP contribution in [0.2, 0.25) is 0 Å². The van der Waals surface area contributed by atoms with Crippen molar-refractivity contribution in [3.05, 3.63) is 36.2 Å². The molecule has 5 heteroatoms.